The van der Waals surface area contributed by atoms with Gasteiger partial charge >= 0.3 is 0 Å². The Labute approximate surface area is 149 Å². The topological polar surface area (TPSA) is 59.9 Å². The molecule has 0 aromatic heterocycles. The molecule has 0 unspecified atom stereocenters. The number of halogens is 1. The normalized spacial score (nSPS) is 12.5. The molecule has 2 aromatic rings. The van der Waals surface area contributed by atoms with E-state index in [0.717, 1.165) is 11.1 Å². The Morgan fingerprint density at radius 3 is 2.96 bits per heavy atom. The van der Waals surface area contributed by atoms with Crippen molar-refractivity contribution in [3.8, 4) is 11.5 Å². The van der Waals surface area contributed by atoms with E-state index in [4.69, 9.17) is 21.1 Å². The van der Waals surface area contributed by atoms with Crippen LogP contribution in [0.5, 0.6) is 11.5 Å². The molecule has 0 radical (unpaired) electrons. The Morgan fingerprint density at radius 2 is 2.08 bits per heavy atom. The second-order valence-corrected chi connectivity index (χ2v) is 6.38. The summed E-state index contributed by atoms with van der Waals surface area (Å²) in [4.78, 5) is 11.8. The van der Waals surface area contributed by atoms with Crippen LogP contribution in [0.2, 0.25) is 5.02 Å². The molecule has 0 atom stereocenters. The van der Waals surface area contributed by atoms with Crippen LogP contribution in [0.25, 0.3) is 0 Å². The number of thioether (sulfide) groups is 1. The third-order valence-electron chi connectivity index (χ3n) is 3.25. The lowest BCUT2D eigenvalue weighted by molar-refractivity contribution is -0.118. The first-order chi connectivity index (χ1) is 11.7. The molecule has 0 saturated heterocycles. The summed E-state index contributed by atoms with van der Waals surface area (Å²) in [6, 6.07) is 13.1. The number of nitrogens with zero attached hydrogens (tertiary/aromatic N) is 1. The van der Waals surface area contributed by atoms with Crippen LogP contribution in [0, 0.1) is 0 Å². The molecule has 1 heterocycles. The molecular formula is C17H15ClN2O3S. The standard InChI is InChI=1S/C17H15ClN2O3S/c18-14-4-2-1-3-13(14)9-24-10-17(21)20-19-8-12-5-6-15-16(7-12)23-11-22-15/h1-8H,9-11H2,(H,20,21)/b19-8-. The third kappa shape index (κ3) is 4.43. The average molecular weight is 363 g/mol. The molecule has 3 rings (SSSR count). The Balaban J connectivity index is 1.43. The number of rotatable bonds is 6. The molecule has 2 aromatic carbocycles. The SMILES string of the molecule is O=C(CSCc1ccccc1Cl)N/N=C\c1ccc2c(c1)OCO2. The molecular weight excluding hydrogens is 348 g/mol. The summed E-state index contributed by atoms with van der Waals surface area (Å²) in [6.07, 6.45) is 1.57. The maximum atomic E-state index is 11.8. The number of hydrogen-bond donors (Lipinski definition) is 1. The second kappa shape index (κ2) is 8.08. The smallest absolute Gasteiger partial charge is 0.250 e. The third-order valence-corrected chi connectivity index (χ3v) is 4.60. The van der Waals surface area contributed by atoms with Crippen LogP contribution in [0.15, 0.2) is 47.6 Å². The Hall–Kier alpha value is -2.18. The zero-order valence-electron chi connectivity index (χ0n) is 12.7. The first kappa shape index (κ1) is 16.7. The van der Waals surface area contributed by atoms with Crippen LogP contribution in [0.3, 0.4) is 0 Å². The molecule has 24 heavy (non-hydrogen) atoms. The van der Waals surface area contributed by atoms with Gasteiger partial charge in [0, 0.05) is 10.8 Å². The van der Waals surface area contributed by atoms with Crippen LogP contribution >= 0.6 is 23.4 Å². The van der Waals surface area contributed by atoms with Gasteiger partial charge in [0.2, 0.25) is 12.7 Å². The predicted molar refractivity (Wildman–Crippen MR) is 95.9 cm³/mol. The van der Waals surface area contributed by atoms with Gasteiger partial charge in [-0.25, -0.2) is 5.43 Å². The van der Waals surface area contributed by atoms with Crippen LogP contribution in [0.4, 0.5) is 0 Å². The van der Waals surface area contributed by atoms with E-state index in [1.54, 1.807) is 6.21 Å². The van der Waals surface area contributed by atoms with Gasteiger partial charge in [-0.15, -0.1) is 11.8 Å². The number of benzene rings is 2. The molecule has 1 N–H and O–H groups in total. The summed E-state index contributed by atoms with van der Waals surface area (Å²) in [5, 5.41) is 4.66. The van der Waals surface area contributed by atoms with Crippen molar-refractivity contribution in [1.29, 1.82) is 0 Å². The minimum Gasteiger partial charge on any atom is -0.454 e. The summed E-state index contributed by atoms with van der Waals surface area (Å²) in [7, 11) is 0. The van der Waals surface area contributed by atoms with Gasteiger partial charge in [-0.2, -0.15) is 5.10 Å². The van der Waals surface area contributed by atoms with E-state index < -0.39 is 0 Å². The van der Waals surface area contributed by atoms with Crippen LogP contribution < -0.4 is 14.9 Å². The van der Waals surface area contributed by atoms with Gasteiger partial charge in [0.25, 0.3) is 0 Å². The van der Waals surface area contributed by atoms with Crippen LogP contribution in [-0.4, -0.2) is 24.7 Å². The minimum atomic E-state index is -0.163. The maximum absolute atomic E-state index is 11.8. The summed E-state index contributed by atoms with van der Waals surface area (Å²) in [5.41, 5.74) is 4.34. The lowest BCUT2D eigenvalue weighted by Gasteiger charge is -2.03. The van der Waals surface area contributed by atoms with Crippen molar-refractivity contribution < 1.29 is 14.3 Å². The molecule has 7 heteroatoms. The van der Waals surface area contributed by atoms with E-state index in [1.807, 2.05) is 42.5 Å². The molecule has 1 aliphatic rings. The van der Waals surface area contributed by atoms with E-state index in [1.165, 1.54) is 11.8 Å². The number of ether oxygens (including phenoxy) is 2. The highest BCUT2D eigenvalue weighted by Gasteiger charge is 2.12. The number of nitrogens with one attached hydrogen (secondary N) is 1. The van der Waals surface area contributed by atoms with Gasteiger partial charge in [0.15, 0.2) is 11.5 Å². The largest absolute Gasteiger partial charge is 0.454 e. The highest BCUT2D eigenvalue weighted by Crippen LogP contribution is 2.31. The first-order valence-corrected chi connectivity index (χ1v) is 8.78. The first-order valence-electron chi connectivity index (χ1n) is 7.25. The maximum Gasteiger partial charge on any atom is 0.250 e. The van der Waals surface area contributed by atoms with Crippen molar-refractivity contribution in [2.45, 2.75) is 5.75 Å². The number of carbonyl (C=O) groups excluding carboxylic acids is 1. The highest BCUT2D eigenvalue weighted by atomic mass is 35.5. The van der Waals surface area contributed by atoms with E-state index in [9.17, 15) is 4.79 Å². The molecule has 1 amide bonds. The molecule has 0 aliphatic carbocycles. The van der Waals surface area contributed by atoms with Crippen molar-refractivity contribution in [2.75, 3.05) is 12.5 Å². The number of hydrogen-bond acceptors (Lipinski definition) is 5. The van der Waals surface area contributed by atoms with Gasteiger partial charge in [0.1, 0.15) is 0 Å². The monoisotopic (exact) mass is 362 g/mol. The van der Waals surface area contributed by atoms with Crippen molar-refractivity contribution in [3.05, 3.63) is 58.6 Å². The number of hydrazone groups is 1. The molecule has 0 saturated carbocycles. The van der Waals surface area contributed by atoms with E-state index in [2.05, 4.69) is 10.5 Å². The van der Waals surface area contributed by atoms with Crippen LogP contribution in [-0.2, 0) is 10.5 Å². The molecule has 1 aliphatic heterocycles. The fourth-order valence-corrected chi connectivity index (χ4v) is 3.18. The summed E-state index contributed by atoms with van der Waals surface area (Å²) in [6.45, 7) is 0.231. The van der Waals surface area contributed by atoms with Gasteiger partial charge in [-0.3, -0.25) is 4.79 Å². The Kier molecular flexibility index (Phi) is 5.61. The summed E-state index contributed by atoms with van der Waals surface area (Å²) < 4.78 is 10.5. The zero-order chi connectivity index (χ0) is 16.8. The molecule has 0 bridgehead atoms. The summed E-state index contributed by atoms with van der Waals surface area (Å²) >= 11 is 7.56. The fourth-order valence-electron chi connectivity index (χ4n) is 2.07. The van der Waals surface area contributed by atoms with E-state index >= 15 is 0 Å². The fraction of sp³-hybridized carbons (Fsp3) is 0.176. The number of fused-ring (bicyclic) bond motifs is 1. The molecule has 0 spiro atoms. The van der Waals surface area contributed by atoms with Crippen molar-refractivity contribution in [1.82, 2.24) is 5.43 Å². The lowest BCUT2D eigenvalue weighted by atomic mass is 10.2. The van der Waals surface area contributed by atoms with Crippen molar-refractivity contribution in [2.24, 2.45) is 5.10 Å². The summed E-state index contributed by atoms with van der Waals surface area (Å²) in [5.74, 6) is 2.22. The van der Waals surface area contributed by atoms with Crippen LogP contribution in [0.1, 0.15) is 11.1 Å². The predicted octanol–water partition coefficient (Wildman–Crippen LogP) is 3.45. The van der Waals surface area contributed by atoms with Crippen molar-refractivity contribution in [3.63, 3.8) is 0 Å². The lowest BCUT2D eigenvalue weighted by Crippen LogP contribution is -2.19. The van der Waals surface area contributed by atoms with Gasteiger partial charge in [-0.1, -0.05) is 29.8 Å². The van der Waals surface area contributed by atoms with E-state index in [-0.39, 0.29) is 12.7 Å². The Bertz CT molecular complexity index is 767. The Morgan fingerprint density at radius 1 is 1.25 bits per heavy atom. The zero-order valence-corrected chi connectivity index (χ0v) is 14.3. The van der Waals surface area contributed by atoms with Gasteiger partial charge in [0.05, 0.1) is 12.0 Å². The number of carbonyl (C=O) groups is 1. The van der Waals surface area contributed by atoms with Gasteiger partial charge < -0.3 is 9.47 Å². The highest BCUT2D eigenvalue weighted by molar-refractivity contribution is 7.99. The van der Waals surface area contributed by atoms with Crippen molar-refractivity contribution >= 4 is 35.5 Å². The second-order valence-electron chi connectivity index (χ2n) is 4.99. The number of amides is 1. The average Bonchev–Trinajstić information content (AvgIpc) is 3.04. The van der Waals surface area contributed by atoms with E-state index in [0.29, 0.717) is 28.0 Å². The minimum absolute atomic E-state index is 0.163. The molecule has 5 nitrogen and oxygen atoms in total. The quantitative estimate of drug-likeness (QED) is 0.631. The van der Waals surface area contributed by atoms with Gasteiger partial charge in [-0.05, 0) is 35.4 Å². The molecule has 124 valence electrons. The molecule has 0 fully saturated rings.